The second-order valence-corrected chi connectivity index (χ2v) is 7.89. The molecule has 2 aromatic rings. The Morgan fingerprint density at radius 3 is 2.28 bits per heavy atom. The van der Waals surface area contributed by atoms with Gasteiger partial charge in [0.25, 0.3) is 0 Å². The molecule has 128 valence electrons. The molecule has 2 saturated carbocycles. The van der Waals surface area contributed by atoms with Crippen LogP contribution in [0.1, 0.15) is 33.6 Å². The molecule has 4 nitrogen and oxygen atoms in total. The molecule has 4 heteroatoms. The lowest BCUT2D eigenvalue weighted by molar-refractivity contribution is -0.157. The normalized spacial score (nSPS) is 30.0. The molecular weight excluding hydrogens is 316 g/mol. The Hall–Kier alpha value is -2.49. The summed E-state index contributed by atoms with van der Waals surface area (Å²) in [6.45, 7) is 5.48. The van der Waals surface area contributed by atoms with Crippen molar-refractivity contribution in [1.82, 2.24) is 0 Å². The summed E-state index contributed by atoms with van der Waals surface area (Å²) in [5, 5.41) is 1.76. The average molecular weight is 336 g/mol. The number of carbonyl (C=O) groups is 3. The van der Waals surface area contributed by atoms with Gasteiger partial charge in [-0.2, -0.15) is 0 Å². The molecule has 0 N–H and O–H groups in total. The number of ketones is 2. The van der Waals surface area contributed by atoms with Gasteiger partial charge < -0.3 is 4.74 Å². The standard InChI is InChI=1S/C21H20O4/c1-19(2)20(3)11-12-21(19,17(23)16(20)22)18(24)25-15-10-6-8-13-7-4-5-9-14(13)15/h4-10H,11-12H2,1-3H3/t20-,21-/m0/s1. The van der Waals surface area contributed by atoms with E-state index in [1.165, 1.54) is 0 Å². The van der Waals surface area contributed by atoms with Crippen molar-refractivity contribution in [2.75, 3.05) is 0 Å². The molecule has 0 heterocycles. The topological polar surface area (TPSA) is 60.4 Å². The molecule has 2 aliphatic rings. The molecule has 0 amide bonds. The van der Waals surface area contributed by atoms with Gasteiger partial charge in [-0.25, -0.2) is 0 Å². The number of rotatable bonds is 2. The van der Waals surface area contributed by atoms with E-state index in [9.17, 15) is 14.4 Å². The largest absolute Gasteiger partial charge is 0.425 e. The first kappa shape index (κ1) is 16.0. The van der Waals surface area contributed by atoms with Crippen LogP contribution in [0.4, 0.5) is 0 Å². The lowest BCUT2D eigenvalue weighted by Crippen LogP contribution is -2.47. The van der Waals surface area contributed by atoms with Crippen molar-refractivity contribution in [3.63, 3.8) is 0 Å². The summed E-state index contributed by atoms with van der Waals surface area (Å²) < 4.78 is 5.72. The maximum atomic E-state index is 13.2. The van der Waals surface area contributed by atoms with Crippen LogP contribution in [0, 0.1) is 16.2 Å². The minimum atomic E-state index is -1.38. The van der Waals surface area contributed by atoms with E-state index in [4.69, 9.17) is 4.74 Å². The molecule has 2 atom stereocenters. The first-order valence-corrected chi connectivity index (χ1v) is 8.55. The highest BCUT2D eigenvalue weighted by molar-refractivity contribution is 6.48. The Bertz CT molecular complexity index is 937. The molecule has 0 radical (unpaired) electrons. The van der Waals surface area contributed by atoms with Crippen LogP contribution in [-0.2, 0) is 14.4 Å². The maximum Gasteiger partial charge on any atom is 0.326 e. The van der Waals surface area contributed by atoms with Crippen molar-refractivity contribution in [3.05, 3.63) is 42.5 Å². The minimum absolute atomic E-state index is 0.366. The Balaban J connectivity index is 1.79. The Kier molecular flexibility index (Phi) is 3.06. The quantitative estimate of drug-likeness (QED) is 0.363. The molecule has 0 unspecified atom stereocenters. The third-order valence-corrected chi connectivity index (χ3v) is 6.84. The van der Waals surface area contributed by atoms with Gasteiger partial charge in [-0.3, -0.25) is 14.4 Å². The fraction of sp³-hybridized carbons (Fsp3) is 0.381. The highest BCUT2D eigenvalue weighted by Crippen LogP contribution is 2.69. The zero-order valence-corrected chi connectivity index (χ0v) is 14.6. The molecule has 0 aliphatic heterocycles. The first-order valence-electron chi connectivity index (χ1n) is 8.55. The van der Waals surface area contributed by atoms with Gasteiger partial charge in [0.2, 0.25) is 11.6 Å². The SMILES string of the molecule is CC1(C)[C@@]2(C(=O)Oc3cccc4ccccc34)CC[C@@]1(C)C(=O)C2=O. The molecule has 25 heavy (non-hydrogen) atoms. The van der Waals surface area contributed by atoms with E-state index in [1.807, 2.05) is 50.2 Å². The monoisotopic (exact) mass is 336 g/mol. The number of ether oxygens (including phenoxy) is 1. The van der Waals surface area contributed by atoms with Crippen molar-refractivity contribution in [2.24, 2.45) is 16.2 Å². The number of benzene rings is 2. The number of fused-ring (bicyclic) bond motifs is 3. The molecule has 2 fully saturated rings. The zero-order chi connectivity index (χ0) is 18.0. The van der Waals surface area contributed by atoms with E-state index in [2.05, 4.69) is 0 Å². The van der Waals surface area contributed by atoms with Crippen LogP contribution in [0.3, 0.4) is 0 Å². The highest BCUT2D eigenvalue weighted by atomic mass is 16.5. The maximum absolute atomic E-state index is 13.2. The Morgan fingerprint density at radius 2 is 1.60 bits per heavy atom. The van der Waals surface area contributed by atoms with Crippen LogP contribution >= 0.6 is 0 Å². The summed E-state index contributed by atoms with van der Waals surface area (Å²) in [5.74, 6) is -1.20. The number of Topliss-reactive ketones (excluding diaryl/α,β-unsaturated/α-hetero) is 2. The average Bonchev–Trinajstić information content (AvgIpc) is 2.87. The highest BCUT2D eigenvalue weighted by Gasteiger charge is 2.78. The molecule has 0 spiro atoms. The van der Waals surface area contributed by atoms with Crippen molar-refractivity contribution >= 4 is 28.3 Å². The summed E-state index contributed by atoms with van der Waals surface area (Å²) in [6.07, 6.45) is 0.903. The lowest BCUT2D eigenvalue weighted by atomic mass is 9.65. The molecular formula is C21H20O4. The summed E-state index contributed by atoms with van der Waals surface area (Å²) in [5.41, 5.74) is -2.92. The van der Waals surface area contributed by atoms with Crippen LogP contribution in [0.25, 0.3) is 10.8 Å². The van der Waals surface area contributed by atoms with Gasteiger partial charge in [0, 0.05) is 16.2 Å². The van der Waals surface area contributed by atoms with Crippen LogP contribution < -0.4 is 4.74 Å². The fourth-order valence-electron chi connectivity index (χ4n) is 4.69. The summed E-state index contributed by atoms with van der Waals surface area (Å²) in [4.78, 5) is 38.4. The molecule has 0 saturated heterocycles. The Labute approximate surface area is 146 Å². The van der Waals surface area contributed by atoms with E-state index >= 15 is 0 Å². The zero-order valence-electron chi connectivity index (χ0n) is 14.6. The van der Waals surface area contributed by atoms with Gasteiger partial charge in [0.15, 0.2) is 0 Å². The van der Waals surface area contributed by atoms with Gasteiger partial charge in [-0.1, -0.05) is 57.2 Å². The molecule has 2 aliphatic carbocycles. The Morgan fingerprint density at radius 1 is 0.920 bits per heavy atom. The predicted molar refractivity (Wildman–Crippen MR) is 93.2 cm³/mol. The predicted octanol–water partition coefficient (Wildman–Crippen LogP) is 3.71. The number of hydrogen-bond donors (Lipinski definition) is 0. The van der Waals surface area contributed by atoms with Gasteiger partial charge in [-0.15, -0.1) is 0 Å². The van der Waals surface area contributed by atoms with Crippen LogP contribution in [-0.4, -0.2) is 17.5 Å². The van der Waals surface area contributed by atoms with E-state index in [0.29, 0.717) is 18.6 Å². The third kappa shape index (κ3) is 1.69. The second kappa shape index (κ2) is 4.78. The molecule has 2 aromatic carbocycles. The smallest absolute Gasteiger partial charge is 0.326 e. The molecule has 0 aromatic heterocycles. The van der Waals surface area contributed by atoms with Crippen molar-refractivity contribution < 1.29 is 19.1 Å². The lowest BCUT2D eigenvalue weighted by Gasteiger charge is -2.36. The summed E-state index contributed by atoms with van der Waals surface area (Å²) >= 11 is 0. The van der Waals surface area contributed by atoms with Gasteiger partial charge in [-0.05, 0) is 24.3 Å². The fourth-order valence-corrected chi connectivity index (χ4v) is 4.69. The number of hydrogen-bond acceptors (Lipinski definition) is 4. The molecule has 4 rings (SSSR count). The third-order valence-electron chi connectivity index (χ3n) is 6.84. The van der Waals surface area contributed by atoms with E-state index in [1.54, 1.807) is 13.0 Å². The number of esters is 1. The van der Waals surface area contributed by atoms with Crippen molar-refractivity contribution in [1.29, 1.82) is 0 Å². The van der Waals surface area contributed by atoms with Gasteiger partial charge >= 0.3 is 5.97 Å². The van der Waals surface area contributed by atoms with E-state index in [0.717, 1.165) is 10.8 Å². The second-order valence-electron chi connectivity index (χ2n) is 7.89. The van der Waals surface area contributed by atoms with Crippen LogP contribution in [0.2, 0.25) is 0 Å². The van der Waals surface area contributed by atoms with Crippen LogP contribution in [0.15, 0.2) is 42.5 Å². The van der Waals surface area contributed by atoms with Crippen molar-refractivity contribution in [3.8, 4) is 5.75 Å². The van der Waals surface area contributed by atoms with E-state index < -0.39 is 33.8 Å². The summed E-state index contributed by atoms with van der Waals surface area (Å²) in [7, 11) is 0. The van der Waals surface area contributed by atoms with Crippen molar-refractivity contribution in [2.45, 2.75) is 33.6 Å². The minimum Gasteiger partial charge on any atom is -0.425 e. The first-order chi connectivity index (χ1) is 11.8. The summed E-state index contributed by atoms with van der Waals surface area (Å²) in [6, 6.07) is 13.1. The number of carbonyl (C=O) groups excluding carboxylic acids is 3. The van der Waals surface area contributed by atoms with Gasteiger partial charge in [0.1, 0.15) is 11.2 Å². The van der Waals surface area contributed by atoms with E-state index in [-0.39, 0.29) is 0 Å². The van der Waals surface area contributed by atoms with Crippen LogP contribution in [0.5, 0.6) is 5.75 Å². The molecule has 2 bridgehead atoms. The van der Waals surface area contributed by atoms with Gasteiger partial charge in [0.05, 0.1) is 0 Å².